The van der Waals surface area contributed by atoms with Gasteiger partial charge in [-0.2, -0.15) is 0 Å². The Bertz CT molecular complexity index is 369. The fourth-order valence-electron chi connectivity index (χ4n) is 2.66. The van der Waals surface area contributed by atoms with Gasteiger partial charge in [-0.05, 0) is 32.1 Å². The fourth-order valence-corrected chi connectivity index (χ4v) is 2.66. The molecule has 0 radical (unpaired) electrons. The van der Waals surface area contributed by atoms with Crippen LogP contribution >= 0.6 is 0 Å². The molecular formula is C14H23NO5. The second-order valence-electron chi connectivity index (χ2n) is 5.33. The van der Waals surface area contributed by atoms with Crippen molar-refractivity contribution in [2.45, 2.75) is 39.5 Å². The average Bonchev–Trinajstić information content (AvgIpc) is 2.77. The summed E-state index contributed by atoms with van der Waals surface area (Å²) in [7, 11) is 0. The molecule has 0 heterocycles. The van der Waals surface area contributed by atoms with Gasteiger partial charge in [0.2, 0.25) is 5.91 Å². The van der Waals surface area contributed by atoms with E-state index in [0.717, 1.165) is 0 Å². The van der Waals surface area contributed by atoms with E-state index in [1.807, 2.05) is 6.92 Å². The van der Waals surface area contributed by atoms with Crippen LogP contribution in [0.1, 0.15) is 39.5 Å². The van der Waals surface area contributed by atoms with Crippen LogP contribution in [0.15, 0.2) is 0 Å². The number of aliphatic carboxylic acids is 1. The molecule has 114 valence electrons. The van der Waals surface area contributed by atoms with Crippen molar-refractivity contribution >= 4 is 17.8 Å². The highest BCUT2D eigenvalue weighted by Crippen LogP contribution is 2.36. The van der Waals surface area contributed by atoms with Crippen LogP contribution in [0.5, 0.6) is 0 Å². The zero-order valence-corrected chi connectivity index (χ0v) is 12.1. The van der Waals surface area contributed by atoms with Crippen molar-refractivity contribution < 1.29 is 24.2 Å². The first-order valence-corrected chi connectivity index (χ1v) is 7.11. The molecule has 3 unspecified atom stereocenters. The number of hydrogen-bond donors (Lipinski definition) is 2. The first-order chi connectivity index (χ1) is 9.45. The number of esters is 1. The summed E-state index contributed by atoms with van der Waals surface area (Å²) in [5.74, 6) is -2.18. The number of carboxylic acid groups (broad SMARTS) is 1. The first-order valence-electron chi connectivity index (χ1n) is 7.11. The van der Waals surface area contributed by atoms with Crippen LogP contribution in [-0.4, -0.2) is 36.1 Å². The summed E-state index contributed by atoms with van der Waals surface area (Å²) >= 11 is 0. The van der Waals surface area contributed by atoms with Gasteiger partial charge in [-0.15, -0.1) is 0 Å². The van der Waals surface area contributed by atoms with E-state index in [0.29, 0.717) is 32.4 Å². The molecule has 3 atom stereocenters. The maximum atomic E-state index is 12.0. The van der Waals surface area contributed by atoms with Crippen LogP contribution in [-0.2, 0) is 19.1 Å². The number of carbonyl (C=O) groups excluding carboxylic acids is 2. The zero-order chi connectivity index (χ0) is 15.1. The van der Waals surface area contributed by atoms with Crippen LogP contribution in [0, 0.1) is 17.8 Å². The van der Waals surface area contributed by atoms with Crippen LogP contribution in [0.3, 0.4) is 0 Å². The Balaban J connectivity index is 2.31. The fraction of sp³-hybridized carbons (Fsp3) is 0.786. The molecule has 6 heteroatoms. The molecule has 1 rings (SSSR count). The van der Waals surface area contributed by atoms with E-state index in [-0.39, 0.29) is 24.2 Å². The Kier molecular flexibility index (Phi) is 6.48. The van der Waals surface area contributed by atoms with Crippen molar-refractivity contribution in [2.24, 2.45) is 17.8 Å². The largest absolute Gasteiger partial charge is 0.481 e. The number of carbonyl (C=O) groups is 3. The number of carboxylic acids is 1. The molecule has 2 N–H and O–H groups in total. The van der Waals surface area contributed by atoms with Gasteiger partial charge in [0, 0.05) is 13.0 Å². The lowest BCUT2D eigenvalue weighted by Gasteiger charge is -2.15. The minimum absolute atomic E-state index is 0.217. The van der Waals surface area contributed by atoms with Crippen LogP contribution in [0.4, 0.5) is 0 Å². The average molecular weight is 285 g/mol. The Morgan fingerprint density at radius 2 is 1.90 bits per heavy atom. The molecular weight excluding hydrogens is 262 g/mol. The van der Waals surface area contributed by atoms with Gasteiger partial charge in [0.25, 0.3) is 0 Å². The number of amides is 1. The summed E-state index contributed by atoms with van der Waals surface area (Å²) in [6.45, 7) is 4.43. The minimum Gasteiger partial charge on any atom is -0.481 e. The van der Waals surface area contributed by atoms with E-state index in [1.54, 1.807) is 6.92 Å². The molecule has 6 nitrogen and oxygen atoms in total. The minimum atomic E-state index is -0.902. The summed E-state index contributed by atoms with van der Waals surface area (Å²) in [6.07, 6.45) is 1.93. The summed E-state index contributed by atoms with van der Waals surface area (Å²) in [5, 5.41) is 11.8. The van der Waals surface area contributed by atoms with Crippen LogP contribution < -0.4 is 5.32 Å². The highest BCUT2D eigenvalue weighted by Gasteiger charge is 2.40. The molecule has 0 aromatic carbocycles. The standard InChI is InChI=1S/C14H23NO5/c1-3-20-12(16)5-4-6-15-13(17)10-7-9(2)8-11(10)14(18)19/h9-11H,3-8H2,1-2H3,(H,15,17)(H,18,19). The lowest BCUT2D eigenvalue weighted by Crippen LogP contribution is -2.35. The quantitative estimate of drug-likeness (QED) is 0.541. The number of nitrogens with one attached hydrogen (secondary N) is 1. The molecule has 0 aromatic rings. The Hall–Kier alpha value is -1.59. The lowest BCUT2D eigenvalue weighted by atomic mass is 9.95. The highest BCUT2D eigenvalue weighted by molar-refractivity contribution is 5.85. The van der Waals surface area contributed by atoms with Gasteiger partial charge in [-0.3, -0.25) is 14.4 Å². The second kappa shape index (κ2) is 7.87. The number of rotatable bonds is 7. The summed E-state index contributed by atoms with van der Waals surface area (Å²) in [6, 6.07) is 0. The van der Waals surface area contributed by atoms with Gasteiger partial charge in [0.05, 0.1) is 18.4 Å². The third-order valence-corrected chi connectivity index (χ3v) is 3.61. The van der Waals surface area contributed by atoms with Crippen molar-refractivity contribution in [3.63, 3.8) is 0 Å². The summed E-state index contributed by atoms with van der Waals surface area (Å²) in [4.78, 5) is 34.2. The van der Waals surface area contributed by atoms with E-state index in [9.17, 15) is 14.4 Å². The van der Waals surface area contributed by atoms with E-state index < -0.39 is 17.8 Å². The predicted octanol–water partition coefficient (Wildman–Crippen LogP) is 1.19. The topological polar surface area (TPSA) is 92.7 Å². The lowest BCUT2D eigenvalue weighted by molar-refractivity contribution is -0.146. The SMILES string of the molecule is CCOC(=O)CCCNC(=O)C1CC(C)CC1C(=O)O. The van der Waals surface area contributed by atoms with Crippen molar-refractivity contribution in [2.75, 3.05) is 13.2 Å². The molecule has 20 heavy (non-hydrogen) atoms. The van der Waals surface area contributed by atoms with Gasteiger partial charge in [0.15, 0.2) is 0 Å². The Morgan fingerprint density at radius 3 is 2.50 bits per heavy atom. The number of ether oxygens (including phenoxy) is 1. The smallest absolute Gasteiger partial charge is 0.307 e. The van der Waals surface area contributed by atoms with Crippen molar-refractivity contribution in [1.29, 1.82) is 0 Å². The Labute approximate surface area is 118 Å². The maximum absolute atomic E-state index is 12.0. The van der Waals surface area contributed by atoms with Gasteiger partial charge in [-0.1, -0.05) is 6.92 Å². The van der Waals surface area contributed by atoms with E-state index >= 15 is 0 Å². The van der Waals surface area contributed by atoms with Crippen molar-refractivity contribution in [3.05, 3.63) is 0 Å². The van der Waals surface area contributed by atoms with Crippen molar-refractivity contribution in [1.82, 2.24) is 5.32 Å². The monoisotopic (exact) mass is 285 g/mol. The van der Waals surface area contributed by atoms with E-state index in [1.165, 1.54) is 0 Å². The summed E-state index contributed by atoms with van der Waals surface area (Å²) < 4.78 is 4.78. The molecule has 1 aliphatic rings. The summed E-state index contributed by atoms with van der Waals surface area (Å²) in [5.41, 5.74) is 0. The molecule has 1 fully saturated rings. The molecule has 0 spiro atoms. The van der Waals surface area contributed by atoms with Crippen molar-refractivity contribution in [3.8, 4) is 0 Å². The molecule has 1 amide bonds. The molecule has 0 bridgehead atoms. The molecule has 1 aliphatic carbocycles. The predicted molar refractivity (Wildman–Crippen MR) is 71.9 cm³/mol. The molecule has 0 saturated heterocycles. The Morgan fingerprint density at radius 1 is 1.25 bits per heavy atom. The van der Waals surface area contributed by atoms with Gasteiger partial charge in [0.1, 0.15) is 0 Å². The van der Waals surface area contributed by atoms with E-state index in [4.69, 9.17) is 9.84 Å². The van der Waals surface area contributed by atoms with E-state index in [2.05, 4.69) is 5.32 Å². The third-order valence-electron chi connectivity index (χ3n) is 3.61. The van der Waals surface area contributed by atoms with Gasteiger partial charge < -0.3 is 15.2 Å². The van der Waals surface area contributed by atoms with Gasteiger partial charge >= 0.3 is 11.9 Å². The zero-order valence-electron chi connectivity index (χ0n) is 12.1. The maximum Gasteiger partial charge on any atom is 0.307 e. The number of hydrogen-bond acceptors (Lipinski definition) is 4. The molecule has 0 aromatic heterocycles. The van der Waals surface area contributed by atoms with Gasteiger partial charge in [-0.25, -0.2) is 0 Å². The second-order valence-corrected chi connectivity index (χ2v) is 5.33. The van der Waals surface area contributed by atoms with Crippen LogP contribution in [0.25, 0.3) is 0 Å². The molecule has 1 saturated carbocycles. The first kappa shape index (κ1) is 16.5. The van der Waals surface area contributed by atoms with Crippen LogP contribution in [0.2, 0.25) is 0 Å². The molecule has 0 aliphatic heterocycles. The normalized spacial score (nSPS) is 25.2. The highest BCUT2D eigenvalue weighted by atomic mass is 16.5. The third kappa shape index (κ3) is 4.83.